The van der Waals surface area contributed by atoms with Crippen molar-refractivity contribution >= 4 is 47.3 Å². The maximum atomic E-state index is 13.4. The van der Waals surface area contributed by atoms with Gasteiger partial charge in [0.25, 0.3) is 0 Å². The summed E-state index contributed by atoms with van der Waals surface area (Å²) >= 11 is 1.30. The highest BCUT2D eigenvalue weighted by Gasteiger charge is 2.64. The quantitative estimate of drug-likeness (QED) is 0.443. The van der Waals surface area contributed by atoms with Crippen LogP contribution in [0.5, 0.6) is 0 Å². The van der Waals surface area contributed by atoms with E-state index in [0.29, 0.717) is 11.3 Å². The zero-order valence-corrected chi connectivity index (χ0v) is 21.4. The number of fused-ring (bicyclic) bond motifs is 1. The van der Waals surface area contributed by atoms with Crippen molar-refractivity contribution in [2.75, 3.05) is 19.7 Å². The maximum Gasteiger partial charge on any atom is 0.348 e. The SMILES string of the molecule is CC1(C)S[C@@H]2[C@H](NC(=O)C(NC(=O)N3CCN(N=C4C=COC4)C3=O)c3ccccc3)C(=O)N2[C@H]1C(=O)O. The van der Waals surface area contributed by atoms with Crippen LogP contribution in [0.3, 0.4) is 0 Å². The van der Waals surface area contributed by atoms with Gasteiger partial charge in [-0.3, -0.25) is 9.59 Å². The zero-order chi connectivity index (χ0) is 27.2. The molecule has 3 fully saturated rings. The molecule has 3 N–H and O–H groups in total. The van der Waals surface area contributed by atoms with E-state index in [4.69, 9.17) is 4.74 Å². The fourth-order valence-corrected chi connectivity index (χ4v) is 6.49. The Labute approximate surface area is 221 Å². The van der Waals surface area contributed by atoms with Gasteiger partial charge in [-0.05, 0) is 25.5 Å². The number of hydrazone groups is 1. The van der Waals surface area contributed by atoms with Crippen molar-refractivity contribution in [2.24, 2.45) is 5.10 Å². The number of carbonyl (C=O) groups is 5. The number of carboxylic acids is 1. The number of β-lactam (4-membered cyclic amide) rings is 1. The summed E-state index contributed by atoms with van der Waals surface area (Å²) in [4.78, 5) is 66.2. The molecule has 4 heterocycles. The standard InChI is InChI=1S/C24H26N6O7S/c1-24(2)17(21(33)34)30-19(32)16(20(30)38-24)25-18(31)15(13-6-4-3-5-7-13)26-22(35)28-9-10-29(23(28)36)27-14-8-11-37-12-14/h3-8,11,15-17,20H,9-10,12H2,1-2H3,(H,25,31)(H,26,35)(H,33,34)/t15?,16-,17+,20-/m1/s1. The van der Waals surface area contributed by atoms with Gasteiger partial charge >= 0.3 is 18.0 Å². The fraction of sp³-hybridized carbons (Fsp3) is 0.417. The number of thioether (sulfide) groups is 1. The molecule has 0 spiro atoms. The molecule has 5 rings (SSSR count). The van der Waals surface area contributed by atoms with Crippen LogP contribution in [0.25, 0.3) is 0 Å². The van der Waals surface area contributed by atoms with Crippen LogP contribution in [-0.2, 0) is 19.1 Å². The van der Waals surface area contributed by atoms with E-state index in [1.165, 1.54) is 22.9 Å². The first-order valence-corrected chi connectivity index (χ1v) is 12.8. The molecular weight excluding hydrogens is 516 g/mol. The number of carbonyl (C=O) groups excluding carboxylic acids is 4. The Bertz CT molecular complexity index is 1250. The summed E-state index contributed by atoms with van der Waals surface area (Å²) in [6.45, 7) is 3.95. The van der Waals surface area contributed by atoms with Gasteiger partial charge in [0.1, 0.15) is 35.8 Å². The molecule has 3 saturated heterocycles. The number of urea groups is 2. The Morgan fingerprint density at radius 1 is 1.18 bits per heavy atom. The molecule has 1 aromatic carbocycles. The number of amides is 6. The lowest BCUT2D eigenvalue weighted by Crippen LogP contribution is -2.71. The predicted molar refractivity (Wildman–Crippen MR) is 135 cm³/mol. The van der Waals surface area contributed by atoms with Gasteiger partial charge in [0.05, 0.1) is 19.4 Å². The molecule has 14 heteroatoms. The van der Waals surface area contributed by atoms with Gasteiger partial charge in [0.2, 0.25) is 11.8 Å². The van der Waals surface area contributed by atoms with Crippen molar-refractivity contribution in [1.82, 2.24) is 25.4 Å². The third kappa shape index (κ3) is 4.44. The Morgan fingerprint density at radius 3 is 2.58 bits per heavy atom. The minimum atomic E-state index is -1.21. The van der Waals surface area contributed by atoms with E-state index in [1.807, 2.05) is 0 Å². The van der Waals surface area contributed by atoms with Gasteiger partial charge in [0.15, 0.2) is 0 Å². The van der Waals surface area contributed by atoms with Crippen LogP contribution in [0, 0.1) is 0 Å². The van der Waals surface area contributed by atoms with Crippen LogP contribution < -0.4 is 10.6 Å². The van der Waals surface area contributed by atoms with E-state index in [-0.39, 0.29) is 19.7 Å². The van der Waals surface area contributed by atoms with Crippen molar-refractivity contribution < 1.29 is 33.8 Å². The van der Waals surface area contributed by atoms with Crippen LogP contribution in [-0.4, -0.2) is 97.4 Å². The number of carboxylic acid groups (broad SMARTS) is 1. The summed E-state index contributed by atoms with van der Waals surface area (Å²) < 4.78 is 4.32. The number of imide groups is 1. The van der Waals surface area contributed by atoms with Crippen molar-refractivity contribution in [3.05, 3.63) is 48.2 Å². The fourth-order valence-electron chi connectivity index (χ4n) is 4.86. The summed E-state index contributed by atoms with van der Waals surface area (Å²) in [7, 11) is 0. The lowest BCUT2D eigenvalue weighted by Gasteiger charge is -2.44. The third-order valence-electron chi connectivity index (χ3n) is 6.70. The number of ether oxygens (including phenoxy) is 1. The van der Waals surface area contributed by atoms with Gasteiger partial charge in [0, 0.05) is 4.75 Å². The summed E-state index contributed by atoms with van der Waals surface area (Å²) in [5, 5.41) is 19.7. The van der Waals surface area contributed by atoms with Gasteiger partial charge in [-0.1, -0.05) is 30.3 Å². The Morgan fingerprint density at radius 2 is 1.92 bits per heavy atom. The molecule has 0 saturated carbocycles. The second-order valence-electron chi connectivity index (χ2n) is 9.64. The molecule has 13 nitrogen and oxygen atoms in total. The van der Waals surface area contributed by atoms with Crippen molar-refractivity contribution in [3.63, 3.8) is 0 Å². The molecule has 4 aliphatic heterocycles. The molecule has 0 aromatic heterocycles. The summed E-state index contributed by atoms with van der Waals surface area (Å²) in [5.41, 5.74) is 0.987. The second kappa shape index (κ2) is 9.67. The molecular formula is C24H26N6O7S. The molecule has 1 unspecified atom stereocenters. The van der Waals surface area contributed by atoms with Crippen LogP contribution in [0.1, 0.15) is 25.5 Å². The van der Waals surface area contributed by atoms with E-state index in [9.17, 15) is 29.1 Å². The Hall–Kier alpha value is -4.07. The van der Waals surface area contributed by atoms with E-state index < -0.39 is 58.1 Å². The van der Waals surface area contributed by atoms with Crippen LogP contribution >= 0.6 is 11.8 Å². The number of aliphatic carboxylic acids is 1. The average Bonchev–Trinajstić information content (AvgIpc) is 3.59. The topological polar surface area (TPSA) is 161 Å². The smallest absolute Gasteiger partial charge is 0.348 e. The second-order valence-corrected chi connectivity index (χ2v) is 11.4. The van der Waals surface area contributed by atoms with Crippen LogP contribution in [0.15, 0.2) is 47.8 Å². The number of benzene rings is 1. The summed E-state index contributed by atoms with van der Waals surface area (Å²) in [5.74, 6) is -2.26. The molecule has 6 amide bonds. The largest absolute Gasteiger partial charge is 0.495 e. The first kappa shape index (κ1) is 25.6. The van der Waals surface area contributed by atoms with Gasteiger partial charge < -0.3 is 25.4 Å². The zero-order valence-electron chi connectivity index (χ0n) is 20.6. The lowest BCUT2D eigenvalue weighted by atomic mass is 9.95. The molecule has 0 radical (unpaired) electrons. The van der Waals surface area contributed by atoms with E-state index in [0.717, 1.165) is 9.91 Å². The minimum Gasteiger partial charge on any atom is -0.495 e. The number of nitrogens with one attached hydrogen (secondary N) is 2. The molecule has 4 aliphatic rings. The highest BCUT2D eigenvalue weighted by atomic mass is 32.2. The van der Waals surface area contributed by atoms with Gasteiger partial charge in [-0.15, -0.1) is 11.8 Å². The Kier molecular flexibility index (Phi) is 6.51. The third-order valence-corrected chi connectivity index (χ3v) is 8.28. The summed E-state index contributed by atoms with van der Waals surface area (Å²) in [6.07, 6.45) is 3.09. The van der Waals surface area contributed by atoms with Crippen LogP contribution in [0.4, 0.5) is 9.59 Å². The Balaban J connectivity index is 1.30. The minimum absolute atomic E-state index is 0.0651. The summed E-state index contributed by atoms with van der Waals surface area (Å²) in [6, 6.07) is 3.83. The number of rotatable bonds is 6. The number of hydrogen-bond donors (Lipinski definition) is 3. The van der Waals surface area contributed by atoms with E-state index in [2.05, 4.69) is 15.7 Å². The molecule has 1 aromatic rings. The van der Waals surface area contributed by atoms with Crippen molar-refractivity contribution in [1.29, 1.82) is 0 Å². The first-order chi connectivity index (χ1) is 18.1. The monoisotopic (exact) mass is 542 g/mol. The van der Waals surface area contributed by atoms with Gasteiger partial charge in [-0.25, -0.2) is 24.3 Å². The first-order valence-electron chi connectivity index (χ1n) is 11.9. The molecule has 0 bridgehead atoms. The number of hydrogen-bond acceptors (Lipinski definition) is 8. The van der Waals surface area contributed by atoms with E-state index >= 15 is 0 Å². The molecule has 38 heavy (non-hydrogen) atoms. The highest BCUT2D eigenvalue weighted by molar-refractivity contribution is 8.01. The van der Waals surface area contributed by atoms with Crippen LogP contribution in [0.2, 0.25) is 0 Å². The molecule has 200 valence electrons. The van der Waals surface area contributed by atoms with Gasteiger partial charge in [-0.2, -0.15) is 5.10 Å². The van der Waals surface area contributed by atoms with E-state index in [1.54, 1.807) is 50.3 Å². The lowest BCUT2D eigenvalue weighted by molar-refractivity contribution is -0.161. The maximum absolute atomic E-state index is 13.4. The average molecular weight is 543 g/mol. The predicted octanol–water partition coefficient (Wildman–Crippen LogP) is 0.706. The molecule has 4 atom stereocenters. The number of nitrogens with zero attached hydrogens (tertiary/aromatic N) is 4. The highest BCUT2D eigenvalue weighted by Crippen LogP contribution is 2.50. The molecule has 0 aliphatic carbocycles. The van der Waals surface area contributed by atoms with Crippen molar-refractivity contribution in [3.8, 4) is 0 Å². The normalized spacial score (nSPS) is 27.2. The van der Waals surface area contributed by atoms with Crippen molar-refractivity contribution in [2.45, 2.75) is 42.1 Å².